The van der Waals surface area contributed by atoms with Crippen LogP contribution < -0.4 is 4.72 Å². The summed E-state index contributed by atoms with van der Waals surface area (Å²) in [5.74, 6) is 0.503. The first-order chi connectivity index (χ1) is 11.5. The molecule has 2 aliphatic rings. The maximum atomic E-state index is 12.6. The van der Waals surface area contributed by atoms with Gasteiger partial charge in [0.25, 0.3) is 0 Å². The average Bonchev–Trinajstić information content (AvgIpc) is 3.31. The van der Waals surface area contributed by atoms with Crippen molar-refractivity contribution in [3.05, 3.63) is 39.9 Å². The van der Waals surface area contributed by atoms with Gasteiger partial charge in [0.1, 0.15) is 4.21 Å². The first kappa shape index (κ1) is 16.3. The van der Waals surface area contributed by atoms with Crippen LogP contribution in [0.1, 0.15) is 17.7 Å². The van der Waals surface area contributed by atoms with Gasteiger partial charge in [0, 0.05) is 23.5 Å². The van der Waals surface area contributed by atoms with E-state index in [9.17, 15) is 13.2 Å². The molecule has 3 heterocycles. The first-order valence-corrected chi connectivity index (χ1v) is 11.1. The molecule has 1 saturated carbocycles. The third-order valence-electron chi connectivity index (χ3n) is 4.77. The largest absolute Gasteiger partial charge is 0.338 e. The molecule has 2 aromatic rings. The molecule has 1 aliphatic carbocycles. The van der Waals surface area contributed by atoms with Crippen LogP contribution in [0.3, 0.4) is 0 Å². The van der Waals surface area contributed by atoms with Gasteiger partial charge in [-0.15, -0.1) is 22.7 Å². The minimum atomic E-state index is -3.49. The van der Waals surface area contributed by atoms with E-state index in [1.807, 2.05) is 22.4 Å². The van der Waals surface area contributed by atoms with Crippen molar-refractivity contribution in [3.8, 4) is 0 Å². The van der Waals surface area contributed by atoms with E-state index < -0.39 is 10.0 Å². The molecule has 8 heteroatoms. The summed E-state index contributed by atoms with van der Waals surface area (Å²) in [6.07, 6.45) is 2.12. The van der Waals surface area contributed by atoms with E-state index in [1.165, 1.54) is 11.3 Å². The summed E-state index contributed by atoms with van der Waals surface area (Å²) in [6.45, 7) is 0.756. The Balaban J connectivity index is 1.46. The highest BCUT2D eigenvalue weighted by molar-refractivity contribution is 7.91. The number of thiophene rings is 2. The third-order valence-corrected chi connectivity index (χ3v) is 8.54. The number of hydrogen-bond donors (Lipinski definition) is 1. The summed E-state index contributed by atoms with van der Waals surface area (Å²) in [7, 11) is -3.49. The van der Waals surface area contributed by atoms with Gasteiger partial charge in [-0.3, -0.25) is 4.79 Å². The van der Waals surface area contributed by atoms with Gasteiger partial charge in [-0.25, -0.2) is 13.1 Å². The number of rotatable bonds is 5. The zero-order valence-electron chi connectivity index (χ0n) is 12.9. The van der Waals surface area contributed by atoms with Crippen molar-refractivity contribution in [2.75, 3.05) is 6.54 Å². The van der Waals surface area contributed by atoms with Gasteiger partial charge in [0.15, 0.2) is 0 Å². The van der Waals surface area contributed by atoms with E-state index in [2.05, 4.69) is 4.72 Å². The SMILES string of the molecule is O=C(Cc1cccs1)N1C[C@@H]2C[C@H](NS(=O)(=O)c3cccs3)[C@H]1C2. The second kappa shape index (κ2) is 6.25. The number of likely N-dealkylation sites (tertiary alicyclic amines) is 1. The quantitative estimate of drug-likeness (QED) is 0.863. The highest BCUT2D eigenvalue weighted by atomic mass is 32.2. The predicted molar refractivity (Wildman–Crippen MR) is 94.7 cm³/mol. The van der Waals surface area contributed by atoms with Crippen LogP contribution in [-0.2, 0) is 21.2 Å². The minimum Gasteiger partial charge on any atom is -0.338 e. The van der Waals surface area contributed by atoms with Crippen molar-refractivity contribution in [2.24, 2.45) is 5.92 Å². The summed E-state index contributed by atoms with van der Waals surface area (Å²) in [6, 6.07) is 7.06. The second-order valence-corrected chi connectivity index (χ2v) is 10.3. The smallest absolute Gasteiger partial charge is 0.250 e. The molecule has 4 rings (SSSR count). The van der Waals surface area contributed by atoms with Crippen molar-refractivity contribution >= 4 is 38.6 Å². The zero-order chi connectivity index (χ0) is 16.7. The van der Waals surface area contributed by atoms with Crippen molar-refractivity contribution < 1.29 is 13.2 Å². The molecule has 3 atom stereocenters. The summed E-state index contributed by atoms with van der Waals surface area (Å²) < 4.78 is 28.1. The summed E-state index contributed by atoms with van der Waals surface area (Å²) >= 11 is 2.80. The molecule has 2 aromatic heterocycles. The van der Waals surface area contributed by atoms with Crippen LogP contribution in [0.25, 0.3) is 0 Å². The normalized spacial score (nSPS) is 26.2. The molecule has 2 fully saturated rings. The molecule has 0 spiro atoms. The minimum absolute atomic E-state index is 0.0165. The van der Waals surface area contributed by atoms with Gasteiger partial charge >= 0.3 is 0 Å². The van der Waals surface area contributed by atoms with Crippen LogP contribution in [-0.4, -0.2) is 37.9 Å². The monoisotopic (exact) mass is 382 g/mol. The first-order valence-electron chi connectivity index (χ1n) is 7.90. The Kier molecular flexibility index (Phi) is 4.24. The predicted octanol–water partition coefficient (Wildman–Crippen LogP) is 2.32. The standard InChI is InChI=1S/C16H18N2O3S3/c19-15(9-12-3-1-5-22-12)18-10-11-7-13(14(18)8-11)17-24(20,21)16-4-2-6-23-16/h1-6,11,13-14,17H,7-10H2/t11-,13+,14-/m1/s1. The van der Waals surface area contributed by atoms with Crippen LogP contribution in [0, 0.1) is 5.92 Å². The highest BCUT2D eigenvalue weighted by Crippen LogP contribution is 2.39. The number of piperidine rings is 1. The van der Waals surface area contributed by atoms with E-state index in [0.717, 1.165) is 24.3 Å². The van der Waals surface area contributed by atoms with Crippen LogP contribution >= 0.6 is 22.7 Å². The van der Waals surface area contributed by atoms with E-state index in [1.54, 1.807) is 28.8 Å². The number of fused-ring (bicyclic) bond motifs is 2. The van der Waals surface area contributed by atoms with Crippen molar-refractivity contribution in [2.45, 2.75) is 35.6 Å². The lowest BCUT2D eigenvalue weighted by Gasteiger charge is -2.33. The Morgan fingerprint density at radius 1 is 1.21 bits per heavy atom. The van der Waals surface area contributed by atoms with E-state index in [0.29, 0.717) is 16.5 Å². The third kappa shape index (κ3) is 3.03. The van der Waals surface area contributed by atoms with Gasteiger partial charge in [0.2, 0.25) is 15.9 Å². The molecular formula is C16H18N2O3S3. The van der Waals surface area contributed by atoms with Crippen molar-refractivity contribution in [1.82, 2.24) is 9.62 Å². The number of hydrogen-bond acceptors (Lipinski definition) is 5. The number of nitrogens with zero attached hydrogens (tertiary/aromatic N) is 1. The maximum Gasteiger partial charge on any atom is 0.250 e. The molecule has 2 bridgehead atoms. The molecule has 0 radical (unpaired) electrons. The maximum absolute atomic E-state index is 12.6. The van der Waals surface area contributed by atoms with Gasteiger partial charge in [-0.05, 0) is 41.7 Å². The summed E-state index contributed by atoms with van der Waals surface area (Å²) in [4.78, 5) is 15.5. The molecule has 1 amide bonds. The topological polar surface area (TPSA) is 66.5 Å². The molecule has 1 saturated heterocycles. The average molecular weight is 383 g/mol. The second-order valence-electron chi connectivity index (χ2n) is 6.37. The molecule has 24 heavy (non-hydrogen) atoms. The number of carbonyl (C=O) groups excluding carboxylic acids is 1. The van der Waals surface area contributed by atoms with Crippen LogP contribution in [0.5, 0.6) is 0 Å². The Morgan fingerprint density at radius 3 is 2.67 bits per heavy atom. The number of nitrogens with one attached hydrogen (secondary N) is 1. The fraction of sp³-hybridized carbons (Fsp3) is 0.438. The number of sulfonamides is 1. The fourth-order valence-electron chi connectivity index (χ4n) is 3.78. The van der Waals surface area contributed by atoms with Crippen LogP contribution in [0.2, 0.25) is 0 Å². The van der Waals surface area contributed by atoms with Gasteiger partial charge in [-0.2, -0.15) is 0 Å². The number of carbonyl (C=O) groups is 1. The van der Waals surface area contributed by atoms with E-state index in [4.69, 9.17) is 0 Å². The zero-order valence-corrected chi connectivity index (χ0v) is 15.4. The molecule has 0 aromatic carbocycles. The molecule has 0 unspecified atom stereocenters. The Morgan fingerprint density at radius 2 is 2.00 bits per heavy atom. The molecule has 5 nitrogen and oxygen atoms in total. The lowest BCUT2D eigenvalue weighted by molar-refractivity contribution is -0.132. The fourth-order valence-corrected chi connectivity index (χ4v) is 6.76. The van der Waals surface area contributed by atoms with Crippen molar-refractivity contribution in [3.63, 3.8) is 0 Å². The summed E-state index contributed by atoms with van der Waals surface area (Å²) in [5.41, 5.74) is 0. The van der Waals surface area contributed by atoms with E-state index >= 15 is 0 Å². The number of amides is 1. The Hall–Kier alpha value is -1.22. The van der Waals surface area contributed by atoms with Gasteiger partial charge < -0.3 is 4.90 Å². The molecule has 1 N–H and O–H groups in total. The van der Waals surface area contributed by atoms with Gasteiger partial charge in [0.05, 0.1) is 6.42 Å². The van der Waals surface area contributed by atoms with Crippen molar-refractivity contribution in [1.29, 1.82) is 0 Å². The summed E-state index contributed by atoms with van der Waals surface area (Å²) in [5, 5.41) is 3.73. The molecular weight excluding hydrogens is 364 g/mol. The molecule has 1 aliphatic heterocycles. The van der Waals surface area contributed by atoms with Crippen LogP contribution in [0.15, 0.2) is 39.2 Å². The molecule has 128 valence electrons. The van der Waals surface area contributed by atoms with Gasteiger partial charge in [-0.1, -0.05) is 12.1 Å². The highest BCUT2D eigenvalue weighted by Gasteiger charge is 2.48. The lowest BCUT2D eigenvalue weighted by Crippen LogP contribution is -2.52. The van der Waals surface area contributed by atoms with E-state index in [-0.39, 0.29) is 18.0 Å². The lowest BCUT2D eigenvalue weighted by atomic mass is 10.1. The Labute approximate surface area is 149 Å². The van der Waals surface area contributed by atoms with Crippen LogP contribution in [0.4, 0.5) is 0 Å². The Bertz CT molecular complexity index is 815.